The van der Waals surface area contributed by atoms with Crippen molar-refractivity contribution in [3.63, 3.8) is 0 Å². The molecule has 1 aromatic heterocycles. The molecule has 3 atom stereocenters. The molecule has 0 bridgehead atoms. The Kier molecular flexibility index (Phi) is 4.63. The lowest BCUT2D eigenvalue weighted by atomic mass is 9.84. The number of nitrogens with zero attached hydrogens (tertiary/aromatic N) is 4. The number of aromatic nitrogens is 2. The number of rotatable bonds is 2. The van der Waals surface area contributed by atoms with Crippen LogP contribution in [-0.2, 0) is 0 Å². The Bertz CT molecular complexity index is 808. The van der Waals surface area contributed by atoms with Crippen molar-refractivity contribution in [2.75, 3.05) is 19.3 Å². The summed E-state index contributed by atoms with van der Waals surface area (Å²) in [7, 11) is 2.18. The largest absolute Gasteiger partial charge is 0.379 e. The quantitative estimate of drug-likeness (QED) is 0.876. The maximum absolute atomic E-state index is 13.5. The summed E-state index contributed by atoms with van der Waals surface area (Å²) in [6.07, 6.45) is 5.35. The van der Waals surface area contributed by atoms with E-state index in [0.29, 0.717) is 0 Å². The molecule has 1 aromatic carbocycles. The Morgan fingerprint density at radius 2 is 2.00 bits per heavy atom. The third-order valence-corrected chi connectivity index (χ3v) is 6.47. The Morgan fingerprint density at radius 1 is 1.22 bits per heavy atom. The summed E-state index contributed by atoms with van der Waals surface area (Å²) >= 11 is 0. The highest BCUT2D eigenvalue weighted by Crippen LogP contribution is 2.48. The summed E-state index contributed by atoms with van der Waals surface area (Å²) in [6.45, 7) is 3.33. The Labute approximate surface area is 159 Å². The summed E-state index contributed by atoms with van der Waals surface area (Å²) in [5.41, 5.74) is 7.01. The first kappa shape index (κ1) is 18.0. The van der Waals surface area contributed by atoms with E-state index in [2.05, 4.69) is 41.3 Å². The van der Waals surface area contributed by atoms with Crippen molar-refractivity contribution >= 4 is 11.7 Å². The molecule has 2 N–H and O–H groups in total. The summed E-state index contributed by atoms with van der Waals surface area (Å²) in [6, 6.07) is 10.3. The molecule has 2 aromatic rings. The topological polar surface area (TPSA) is 88.5 Å². The molecule has 2 fully saturated rings. The van der Waals surface area contributed by atoms with Gasteiger partial charge in [0.2, 0.25) is 11.5 Å². The van der Waals surface area contributed by atoms with E-state index in [9.17, 15) is 4.79 Å². The van der Waals surface area contributed by atoms with E-state index in [4.69, 9.17) is 10.4 Å². The van der Waals surface area contributed by atoms with Crippen LogP contribution in [0.2, 0.25) is 0 Å². The van der Waals surface area contributed by atoms with Crippen molar-refractivity contribution in [3.05, 3.63) is 41.6 Å². The lowest BCUT2D eigenvalue weighted by molar-refractivity contribution is 0.0445. The Balaban J connectivity index is 1.79. The predicted molar refractivity (Wildman–Crippen MR) is 102 cm³/mol. The molecular weight excluding hydrogens is 342 g/mol. The van der Waals surface area contributed by atoms with Gasteiger partial charge in [0, 0.05) is 5.54 Å². The van der Waals surface area contributed by atoms with Gasteiger partial charge in [0.05, 0.1) is 12.1 Å². The zero-order valence-corrected chi connectivity index (χ0v) is 16.0. The molecule has 7 nitrogen and oxygen atoms in total. The van der Waals surface area contributed by atoms with Crippen molar-refractivity contribution < 1.29 is 9.42 Å². The Hall–Kier alpha value is -2.41. The van der Waals surface area contributed by atoms with Crippen molar-refractivity contribution in [1.82, 2.24) is 20.1 Å². The van der Waals surface area contributed by atoms with Crippen LogP contribution in [0.5, 0.6) is 0 Å². The van der Waals surface area contributed by atoms with Gasteiger partial charge in [-0.3, -0.25) is 9.69 Å². The van der Waals surface area contributed by atoms with Gasteiger partial charge in [0.15, 0.2) is 0 Å². The van der Waals surface area contributed by atoms with E-state index in [1.165, 1.54) is 12.8 Å². The van der Waals surface area contributed by atoms with E-state index < -0.39 is 0 Å². The molecule has 144 valence electrons. The molecule has 2 saturated heterocycles. The summed E-state index contributed by atoms with van der Waals surface area (Å²) in [4.78, 5) is 17.9. The second kappa shape index (κ2) is 6.96. The minimum Gasteiger partial charge on any atom is -0.379 e. The normalized spacial score (nSPS) is 29.2. The van der Waals surface area contributed by atoms with Gasteiger partial charge < -0.3 is 10.6 Å². The molecule has 27 heavy (non-hydrogen) atoms. The van der Waals surface area contributed by atoms with Crippen LogP contribution in [0.4, 0.5) is 5.82 Å². The van der Waals surface area contributed by atoms with Crippen LogP contribution in [0.3, 0.4) is 0 Å². The number of hydrogen-bond donors (Lipinski definition) is 1. The number of likely N-dealkylation sites (N-methyl/N-ethyl adjacent to an activating group) is 1. The first-order valence-corrected chi connectivity index (χ1v) is 9.69. The van der Waals surface area contributed by atoms with E-state index in [-0.39, 0.29) is 35.0 Å². The predicted octanol–water partition coefficient (Wildman–Crippen LogP) is 2.87. The lowest BCUT2D eigenvalue weighted by Gasteiger charge is -2.43. The molecule has 0 saturated carbocycles. The number of carbonyl (C=O) groups excluding carboxylic acids is 1. The van der Waals surface area contributed by atoms with Crippen LogP contribution in [-0.4, -0.2) is 51.2 Å². The highest BCUT2D eigenvalue weighted by atomic mass is 16.6. The van der Waals surface area contributed by atoms with E-state index in [1.54, 1.807) is 0 Å². The number of hydrogen-bond acceptors (Lipinski definition) is 6. The zero-order valence-electron chi connectivity index (χ0n) is 16.0. The zero-order chi connectivity index (χ0) is 19.0. The fraction of sp³-hybridized carbons (Fsp3) is 0.550. The number of amides is 1. The summed E-state index contributed by atoms with van der Waals surface area (Å²) in [5, 5.41) is 7.40. The fourth-order valence-electron chi connectivity index (χ4n) is 4.82. The van der Waals surface area contributed by atoms with Crippen LogP contribution < -0.4 is 5.73 Å². The van der Waals surface area contributed by atoms with Gasteiger partial charge in [-0.15, -0.1) is 0 Å². The molecule has 7 heteroatoms. The molecule has 4 rings (SSSR count). The van der Waals surface area contributed by atoms with Crippen LogP contribution in [0.15, 0.2) is 35.0 Å². The minimum absolute atomic E-state index is 0.0228. The van der Waals surface area contributed by atoms with Gasteiger partial charge in [0.1, 0.15) is 0 Å². The number of fused-ring (bicyclic) bond motifs is 1. The molecule has 0 spiro atoms. The van der Waals surface area contributed by atoms with Gasteiger partial charge in [-0.2, -0.15) is 0 Å². The van der Waals surface area contributed by atoms with Crippen molar-refractivity contribution in [2.45, 2.75) is 56.7 Å². The highest BCUT2D eigenvalue weighted by molar-refractivity contribution is 5.96. The summed E-state index contributed by atoms with van der Waals surface area (Å²) in [5.74, 6) is -0.134. The van der Waals surface area contributed by atoms with Crippen molar-refractivity contribution in [3.8, 4) is 0 Å². The smallest absolute Gasteiger partial charge is 0.280 e. The van der Waals surface area contributed by atoms with E-state index >= 15 is 0 Å². The molecule has 0 unspecified atom stereocenters. The van der Waals surface area contributed by atoms with Crippen LogP contribution in [0.1, 0.15) is 61.1 Å². The Morgan fingerprint density at radius 3 is 2.70 bits per heavy atom. The number of benzene rings is 1. The average molecular weight is 369 g/mol. The van der Waals surface area contributed by atoms with Crippen LogP contribution >= 0.6 is 0 Å². The van der Waals surface area contributed by atoms with Crippen molar-refractivity contribution in [1.29, 1.82) is 0 Å². The van der Waals surface area contributed by atoms with E-state index in [1.807, 2.05) is 23.1 Å². The van der Waals surface area contributed by atoms with E-state index in [0.717, 1.165) is 31.4 Å². The van der Waals surface area contributed by atoms with Gasteiger partial charge >= 0.3 is 0 Å². The second-order valence-electron chi connectivity index (χ2n) is 7.98. The highest BCUT2D eigenvalue weighted by Gasteiger charge is 2.54. The van der Waals surface area contributed by atoms with Gasteiger partial charge in [-0.25, -0.2) is 4.63 Å². The number of anilines is 1. The number of nitrogen functional groups attached to an aromatic ring is 1. The first-order valence-electron chi connectivity index (χ1n) is 9.69. The van der Waals surface area contributed by atoms with Gasteiger partial charge in [-0.1, -0.05) is 43.2 Å². The third kappa shape index (κ3) is 3.00. The van der Waals surface area contributed by atoms with Crippen molar-refractivity contribution in [2.24, 2.45) is 0 Å². The lowest BCUT2D eigenvalue weighted by Crippen LogP contribution is -2.55. The first-order chi connectivity index (χ1) is 13.0. The standard InChI is InChI=1S/C20H27N5O2/c1-20-13-15(14-9-5-3-6-10-14)25(19(26)17-18(21)23-27-22-17)16(20)11-7-4-8-12-24(20)2/h3,5-6,9-10,15-16H,4,7-8,11-13H2,1-2H3,(H2,21,23)/t15-,16-,20-/m0/s1. The summed E-state index contributed by atoms with van der Waals surface area (Å²) < 4.78 is 4.71. The maximum atomic E-state index is 13.5. The second-order valence-corrected chi connectivity index (χ2v) is 7.98. The molecular formula is C20H27N5O2. The number of nitrogens with two attached hydrogens (primary N) is 1. The molecule has 3 heterocycles. The number of carbonyl (C=O) groups is 1. The fourth-order valence-corrected chi connectivity index (χ4v) is 4.82. The van der Waals surface area contributed by atoms with Crippen LogP contribution in [0, 0.1) is 0 Å². The molecule has 2 aliphatic rings. The average Bonchev–Trinajstić information content (AvgIpc) is 3.22. The number of likely N-dealkylation sites (tertiary alicyclic amines) is 2. The van der Waals surface area contributed by atoms with Gasteiger partial charge in [-0.05, 0) is 55.7 Å². The monoisotopic (exact) mass is 369 g/mol. The van der Waals surface area contributed by atoms with Crippen LogP contribution in [0.25, 0.3) is 0 Å². The maximum Gasteiger partial charge on any atom is 0.280 e. The SMILES string of the molecule is CN1CCCCC[C@@H]2N(C(=O)c3nonc3N)[C@H](c3ccccc3)C[C@@]21C. The van der Waals surface area contributed by atoms with Gasteiger partial charge in [0.25, 0.3) is 5.91 Å². The molecule has 1 amide bonds. The molecule has 2 aliphatic heterocycles. The third-order valence-electron chi connectivity index (χ3n) is 6.47. The minimum atomic E-state index is -0.190. The molecule has 0 aliphatic carbocycles. The molecule has 0 radical (unpaired) electrons.